The van der Waals surface area contributed by atoms with Gasteiger partial charge in [0.2, 0.25) is 0 Å². The lowest BCUT2D eigenvalue weighted by molar-refractivity contribution is 0.120. The smallest absolute Gasteiger partial charge is 0.108 e. The van der Waals surface area contributed by atoms with Crippen LogP contribution in [-0.2, 0) is 17.9 Å². The van der Waals surface area contributed by atoms with Gasteiger partial charge in [-0.25, -0.2) is 0 Å². The van der Waals surface area contributed by atoms with E-state index in [0.717, 1.165) is 25.3 Å². The van der Waals surface area contributed by atoms with Crippen molar-refractivity contribution in [1.29, 1.82) is 0 Å². The van der Waals surface area contributed by atoms with Gasteiger partial charge in [-0.1, -0.05) is 26.0 Å². The largest absolute Gasteiger partial charge is 0.374 e. The molecule has 1 N–H and O–H groups in total. The van der Waals surface area contributed by atoms with Crippen molar-refractivity contribution < 1.29 is 4.74 Å². The molecule has 0 saturated heterocycles. The van der Waals surface area contributed by atoms with Crippen molar-refractivity contribution in [1.82, 2.24) is 20.3 Å². The van der Waals surface area contributed by atoms with E-state index in [1.807, 2.05) is 10.9 Å². The summed E-state index contributed by atoms with van der Waals surface area (Å²) in [5.74, 6) is 0.587. The molecule has 0 aliphatic carbocycles. The van der Waals surface area contributed by atoms with E-state index in [2.05, 4.69) is 36.4 Å². The second-order valence-corrected chi connectivity index (χ2v) is 4.23. The molecule has 0 saturated carbocycles. The summed E-state index contributed by atoms with van der Waals surface area (Å²) in [6, 6.07) is 0. The lowest BCUT2D eigenvalue weighted by Crippen LogP contribution is -2.18. The second kappa shape index (κ2) is 7.35. The number of ether oxygens (including phenoxy) is 1. The van der Waals surface area contributed by atoms with E-state index < -0.39 is 0 Å². The van der Waals surface area contributed by atoms with Crippen molar-refractivity contribution in [3.05, 3.63) is 11.9 Å². The molecule has 0 fully saturated rings. The molecular weight excluding hydrogens is 204 g/mol. The van der Waals surface area contributed by atoms with Gasteiger partial charge in [0.05, 0.1) is 19.4 Å². The van der Waals surface area contributed by atoms with Gasteiger partial charge in [-0.2, -0.15) is 0 Å². The van der Waals surface area contributed by atoms with Gasteiger partial charge in [-0.05, 0) is 12.5 Å². The van der Waals surface area contributed by atoms with Crippen LogP contribution in [0.4, 0.5) is 0 Å². The summed E-state index contributed by atoms with van der Waals surface area (Å²) in [7, 11) is 0. The summed E-state index contributed by atoms with van der Waals surface area (Å²) in [4.78, 5) is 0. The molecule has 0 spiro atoms. The van der Waals surface area contributed by atoms with Crippen LogP contribution in [0.1, 0.15) is 26.5 Å². The van der Waals surface area contributed by atoms with Gasteiger partial charge in [0.1, 0.15) is 5.69 Å². The Morgan fingerprint density at radius 3 is 3.00 bits per heavy atom. The van der Waals surface area contributed by atoms with Crippen LogP contribution in [0.2, 0.25) is 0 Å². The van der Waals surface area contributed by atoms with Gasteiger partial charge >= 0.3 is 0 Å². The fourth-order valence-electron chi connectivity index (χ4n) is 1.37. The molecule has 0 amide bonds. The zero-order valence-corrected chi connectivity index (χ0v) is 10.4. The highest BCUT2D eigenvalue weighted by atomic mass is 16.5. The first kappa shape index (κ1) is 13.1. The Labute approximate surface area is 97.2 Å². The molecule has 1 aromatic rings. The second-order valence-electron chi connectivity index (χ2n) is 4.23. The fourth-order valence-corrected chi connectivity index (χ4v) is 1.37. The van der Waals surface area contributed by atoms with Crippen LogP contribution in [-0.4, -0.2) is 34.7 Å². The quantitative estimate of drug-likeness (QED) is 0.673. The van der Waals surface area contributed by atoms with Crippen molar-refractivity contribution in [2.75, 3.05) is 19.7 Å². The molecule has 0 bridgehead atoms. The molecule has 1 aromatic heterocycles. The summed E-state index contributed by atoms with van der Waals surface area (Å²) in [6.07, 6.45) is 1.95. The van der Waals surface area contributed by atoms with Gasteiger partial charge in [-0.15, -0.1) is 5.10 Å². The highest BCUT2D eigenvalue weighted by Crippen LogP contribution is 2.00. The van der Waals surface area contributed by atoms with Crippen LogP contribution < -0.4 is 5.32 Å². The standard InChI is InChI=1S/C11H22N4O/c1-4-12-5-6-16-9-11-8-15(14-13-11)7-10(2)3/h8,10,12H,4-7,9H2,1-3H3. The molecule has 16 heavy (non-hydrogen) atoms. The molecule has 92 valence electrons. The maximum Gasteiger partial charge on any atom is 0.108 e. The van der Waals surface area contributed by atoms with Crippen molar-refractivity contribution >= 4 is 0 Å². The van der Waals surface area contributed by atoms with Gasteiger partial charge in [0, 0.05) is 13.1 Å². The van der Waals surface area contributed by atoms with Gasteiger partial charge in [0.15, 0.2) is 0 Å². The van der Waals surface area contributed by atoms with E-state index in [1.54, 1.807) is 0 Å². The van der Waals surface area contributed by atoms with Gasteiger partial charge < -0.3 is 10.1 Å². The van der Waals surface area contributed by atoms with Crippen molar-refractivity contribution in [2.24, 2.45) is 5.92 Å². The van der Waals surface area contributed by atoms with Crippen LogP contribution in [0.3, 0.4) is 0 Å². The van der Waals surface area contributed by atoms with Crippen LogP contribution in [0.5, 0.6) is 0 Å². The zero-order chi connectivity index (χ0) is 11.8. The van der Waals surface area contributed by atoms with E-state index in [9.17, 15) is 0 Å². The summed E-state index contributed by atoms with van der Waals surface area (Å²) in [5, 5.41) is 11.3. The number of nitrogens with zero attached hydrogens (tertiary/aromatic N) is 3. The average Bonchev–Trinajstić information content (AvgIpc) is 2.64. The minimum Gasteiger partial charge on any atom is -0.374 e. The number of hydrogen-bond donors (Lipinski definition) is 1. The fraction of sp³-hybridized carbons (Fsp3) is 0.818. The summed E-state index contributed by atoms with van der Waals surface area (Å²) in [5.41, 5.74) is 0.900. The van der Waals surface area contributed by atoms with Crippen LogP contribution in [0.15, 0.2) is 6.20 Å². The zero-order valence-electron chi connectivity index (χ0n) is 10.4. The van der Waals surface area contributed by atoms with E-state index >= 15 is 0 Å². The number of nitrogens with one attached hydrogen (secondary N) is 1. The minimum atomic E-state index is 0.545. The summed E-state index contributed by atoms with van der Waals surface area (Å²) in [6.45, 7) is 10.4. The Morgan fingerprint density at radius 1 is 1.50 bits per heavy atom. The predicted molar refractivity (Wildman–Crippen MR) is 63.1 cm³/mol. The summed E-state index contributed by atoms with van der Waals surface area (Å²) >= 11 is 0. The third-order valence-electron chi connectivity index (χ3n) is 2.06. The molecule has 0 aliphatic rings. The lowest BCUT2D eigenvalue weighted by Gasteiger charge is -2.03. The maximum atomic E-state index is 5.46. The molecule has 1 rings (SSSR count). The van der Waals surface area contributed by atoms with E-state index in [1.165, 1.54) is 0 Å². The van der Waals surface area contributed by atoms with Crippen molar-refractivity contribution in [2.45, 2.75) is 33.9 Å². The number of aromatic nitrogens is 3. The van der Waals surface area contributed by atoms with Gasteiger partial charge in [0.25, 0.3) is 0 Å². The molecule has 0 unspecified atom stereocenters. The normalized spacial score (nSPS) is 11.2. The van der Waals surface area contributed by atoms with E-state index in [4.69, 9.17) is 4.74 Å². The Hall–Kier alpha value is -0.940. The first-order valence-corrected chi connectivity index (χ1v) is 5.89. The van der Waals surface area contributed by atoms with E-state index in [-0.39, 0.29) is 0 Å². The molecule has 0 aliphatic heterocycles. The first-order valence-electron chi connectivity index (χ1n) is 5.89. The maximum absolute atomic E-state index is 5.46. The van der Waals surface area contributed by atoms with Crippen LogP contribution in [0, 0.1) is 5.92 Å². The number of hydrogen-bond acceptors (Lipinski definition) is 4. The molecule has 0 radical (unpaired) electrons. The molecule has 0 aromatic carbocycles. The highest BCUT2D eigenvalue weighted by Gasteiger charge is 2.02. The SMILES string of the molecule is CCNCCOCc1cn(CC(C)C)nn1. The molecule has 5 heteroatoms. The van der Waals surface area contributed by atoms with Crippen LogP contribution >= 0.6 is 0 Å². The molecule has 5 nitrogen and oxygen atoms in total. The Bertz CT molecular complexity index is 285. The summed E-state index contributed by atoms with van der Waals surface area (Å²) < 4.78 is 7.33. The van der Waals surface area contributed by atoms with Crippen molar-refractivity contribution in [3.63, 3.8) is 0 Å². The third-order valence-corrected chi connectivity index (χ3v) is 2.06. The molecular formula is C11H22N4O. The van der Waals surface area contributed by atoms with Crippen molar-refractivity contribution in [3.8, 4) is 0 Å². The monoisotopic (exact) mass is 226 g/mol. The van der Waals surface area contributed by atoms with Crippen LogP contribution in [0.25, 0.3) is 0 Å². The Kier molecular flexibility index (Phi) is 6.03. The number of rotatable bonds is 8. The topological polar surface area (TPSA) is 52.0 Å². The number of likely N-dealkylation sites (N-methyl/N-ethyl adjacent to an activating group) is 1. The minimum absolute atomic E-state index is 0.545. The average molecular weight is 226 g/mol. The predicted octanol–water partition coefficient (Wildman–Crippen LogP) is 1.06. The van der Waals surface area contributed by atoms with Gasteiger partial charge in [-0.3, -0.25) is 4.68 Å². The Balaban J connectivity index is 2.19. The van der Waals surface area contributed by atoms with E-state index in [0.29, 0.717) is 19.1 Å². The third kappa shape index (κ3) is 5.23. The highest BCUT2D eigenvalue weighted by molar-refractivity contribution is 4.89. The molecule has 1 heterocycles. The molecule has 0 atom stereocenters. The lowest BCUT2D eigenvalue weighted by atomic mass is 10.2. The Morgan fingerprint density at radius 2 is 2.31 bits per heavy atom. The first-order chi connectivity index (χ1) is 7.72.